The Morgan fingerprint density at radius 1 is 1.40 bits per heavy atom. The topological polar surface area (TPSA) is 98.2 Å². The molecule has 1 fully saturated rings. The van der Waals surface area contributed by atoms with Gasteiger partial charge in [-0.3, -0.25) is 14.5 Å². The van der Waals surface area contributed by atoms with E-state index in [0.717, 1.165) is 0 Å². The van der Waals surface area contributed by atoms with E-state index in [2.05, 4.69) is 14.7 Å². The van der Waals surface area contributed by atoms with Crippen LogP contribution in [0.2, 0.25) is 0 Å². The fourth-order valence-electron chi connectivity index (χ4n) is 1.68. The van der Waals surface area contributed by atoms with Gasteiger partial charge < -0.3 is 4.74 Å². The van der Waals surface area contributed by atoms with E-state index in [1.165, 1.54) is 19.5 Å². The molecule has 20 heavy (non-hydrogen) atoms. The molecule has 0 saturated heterocycles. The van der Waals surface area contributed by atoms with E-state index < -0.39 is 21.4 Å². The minimum Gasteiger partial charge on any atom is -0.468 e. The van der Waals surface area contributed by atoms with Crippen LogP contribution in [0.25, 0.3) is 0 Å². The van der Waals surface area contributed by atoms with Gasteiger partial charge in [-0.25, -0.2) is 13.4 Å². The maximum absolute atomic E-state index is 11.8. The van der Waals surface area contributed by atoms with Crippen LogP contribution >= 0.6 is 0 Å². The lowest BCUT2D eigenvalue weighted by Gasteiger charge is -2.20. The molecule has 0 aromatic carbocycles. The molecule has 110 valence electrons. The van der Waals surface area contributed by atoms with Crippen LogP contribution in [-0.2, 0) is 25.0 Å². The third-order valence-electron chi connectivity index (χ3n) is 3.18. The van der Waals surface area contributed by atoms with Crippen molar-refractivity contribution in [2.75, 3.05) is 11.8 Å². The van der Waals surface area contributed by atoms with Gasteiger partial charge in [0, 0.05) is 6.20 Å². The molecule has 0 atom stereocenters. The molecule has 1 heterocycles. The van der Waals surface area contributed by atoms with Crippen LogP contribution in [0.4, 0.5) is 5.82 Å². The van der Waals surface area contributed by atoms with Crippen LogP contribution in [0.1, 0.15) is 32.4 Å². The Kier molecular flexibility index (Phi) is 3.68. The van der Waals surface area contributed by atoms with Crippen molar-refractivity contribution in [1.29, 1.82) is 0 Å². The van der Waals surface area contributed by atoms with Gasteiger partial charge in [0.1, 0.15) is 5.41 Å². The molecule has 1 aromatic heterocycles. The molecule has 0 radical (unpaired) electrons. The second kappa shape index (κ2) is 5.01. The number of sulfonamides is 1. The lowest BCUT2D eigenvalue weighted by molar-refractivity contribution is -0.146. The zero-order valence-electron chi connectivity index (χ0n) is 11.6. The van der Waals surface area contributed by atoms with Crippen LogP contribution in [0, 0.1) is 0 Å². The van der Waals surface area contributed by atoms with Gasteiger partial charge in [0.05, 0.1) is 24.3 Å². The first kappa shape index (κ1) is 14.7. The number of esters is 1. The molecule has 1 saturated carbocycles. The van der Waals surface area contributed by atoms with Crippen molar-refractivity contribution in [2.24, 2.45) is 0 Å². The monoisotopic (exact) mass is 299 g/mol. The Hall–Kier alpha value is -1.70. The van der Waals surface area contributed by atoms with Crippen LogP contribution in [0.3, 0.4) is 0 Å². The van der Waals surface area contributed by atoms with E-state index in [-0.39, 0.29) is 11.1 Å². The first-order valence-electron chi connectivity index (χ1n) is 6.20. The zero-order valence-corrected chi connectivity index (χ0v) is 12.4. The average Bonchev–Trinajstić information content (AvgIpc) is 3.22. The number of nitrogens with one attached hydrogen (secondary N) is 1. The van der Waals surface area contributed by atoms with Gasteiger partial charge >= 0.3 is 5.97 Å². The first-order chi connectivity index (χ1) is 9.27. The smallest absolute Gasteiger partial charge is 0.317 e. The molecule has 0 bridgehead atoms. The number of methoxy groups -OCH3 is 1. The first-order valence-corrected chi connectivity index (χ1v) is 7.74. The van der Waals surface area contributed by atoms with Gasteiger partial charge in [-0.05, 0) is 26.7 Å². The lowest BCUT2D eigenvalue weighted by atomic mass is 9.90. The molecule has 0 aliphatic heterocycles. The number of hydrogen-bond donors (Lipinski definition) is 1. The Morgan fingerprint density at radius 2 is 2.05 bits per heavy atom. The van der Waals surface area contributed by atoms with E-state index in [0.29, 0.717) is 18.5 Å². The van der Waals surface area contributed by atoms with Crippen molar-refractivity contribution in [1.82, 2.24) is 9.97 Å². The van der Waals surface area contributed by atoms with Gasteiger partial charge in [0.2, 0.25) is 10.0 Å². The van der Waals surface area contributed by atoms with Gasteiger partial charge in [-0.15, -0.1) is 0 Å². The molecule has 1 aromatic rings. The lowest BCUT2D eigenvalue weighted by Crippen LogP contribution is -2.32. The van der Waals surface area contributed by atoms with E-state index in [4.69, 9.17) is 4.74 Å². The van der Waals surface area contributed by atoms with Crippen molar-refractivity contribution < 1.29 is 17.9 Å². The highest BCUT2D eigenvalue weighted by Gasteiger charge is 2.37. The second-order valence-corrected chi connectivity index (χ2v) is 7.21. The van der Waals surface area contributed by atoms with Crippen LogP contribution < -0.4 is 4.72 Å². The van der Waals surface area contributed by atoms with E-state index in [9.17, 15) is 13.2 Å². The predicted molar refractivity (Wildman–Crippen MR) is 72.6 cm³/mol. The molecule has 1 aliphatic rings. The van der Waals surface area contributed by atoms with E-state index >= 15 is 0 Å². The molecular weight excluding hydrogens is 282 g/mol. The largest absolute Gasteiger partial charge is 0.468 e. The predicted octanol–water partition coefficient (Wildman–Crippen LogP) is 0.831. The summed E-state index contributed by atoms with van der Waals surface area (Å²) in [5, 5.41) is -0.346. The summed E-state index contributed by atoms with van der Waals surface area (Å²) < 4.78 is 30.8. The minimum atomic E-state index is -3.40. The van der Waals surface area contributed by atoms with Crippen molar-refractivity contribution in [3.05, 3.63) is 18.1 Å². The molecule has 1 N–H and O–H groups in total. The summed E-state index contributed by atoms with van der Waals surface area (Å²) >= 11 is 0. The number of ether oxygens (including phenoxy) is 1. The quantitative estimate of drug-likeness (QED) is 0.809. The molecule has 7 nitrogen and oxygen atoms in total. The maximum Gasteiger partial charge on any atom is 0.317 e. The Balaban J connectivity index is 2.26. The maximum atomic E-state index is 11.8. The molecule has 0 amide bonds. The highest BCUT2D eigenvalue weighted by molar-refractivity contribution is 7.93. The number of anilines is 1. The van der Waals surface area contributed by atoms with Crippen molar-refractivity contribution >= 4 is 21.8 Å². The summed E-state index contributed by atoms with van der Waals surface area (Å²) in [5.74, 6) is -0.347. The summed E-state index contributed by atoms with van der Waals surface area (Å²) in [6.45, 7) is 3.28. The Labute approximate surface area is 117 Å². The molecule has 0 unspecified atom stereocenters. The number of aromatic nitrogens is 2. The number of nitrogens with zero attached hydrogens (tertiary/aromatic N) is 2. The molecule has 2 rings (SSSR count). The van der Waals surface area contributed by atoms with E-state index in [1.807, 2.05) is 0 Å². The van der Waals surface area contributed by atoms with Crippen molar-refractivity contribution in [3.63, 3.8) is 0 Å². The molecule has 1 aliphatic carbocycles. The average molecular weight is 299 g/mol. The molecule has 8 heteroatoms. The van der Waals surface area contributed by atoms with Gasteiger partial charge in [-0.1, -0.05) is 0 Å². The minimum absolute atomic E-state index is 0.117. The van der Waals surface area contributed by atoms with Crippen LogP contribution in [-0.4, -0.2) is 36.7 Å². The van der Waals surface area contributed by atoms with Crippen LogP contribution in [0.15, 0.2) is 12.4 Å². The number of carbonyl (C=O) groups is 1. The summed E-state index contributed by atoms with van der Waals surface area (Å²) in [6.07, 6.45) is 4.06. The highest BCUT2D eigenvalue weighted by atomic mass is 32.2. The SMILES string of the molecule is COC(=O)C(C)(C)c1cncc(NS(=O)(=O)C2CC2)n1. The van der Waals surface area contributed by atoms with E-state index in [1.54, 1.807) is 13.8 Å². The second-order valence-electron chi connectivity index (χ2n) is 5.25. The number of hydrogen-bond acceptors (Lipinski definition) is 6. The highest BCUT2D eigenvalue weighted by Crippen LogP contribution is 2.30. The van der Waals surface area contributed by atoms with Gasteiger partial charge in [0.15, 0.2) is 5.82 Å². The summed E-state index contributed by atoms with van der Waals surface area (Å²) in [5.41, 5.74) is -0.650. The summed E-state index contributed by atoms with van der Waals surface area (Å²) in [6, 6.07) is 0. The van der Waals surface area contributed by atoms with Gasteiger partial charge in [0.25, 0.3) is 0 Å². The molecular formula is C12H17N3O4S. The van der Waals surface area contributed by atoms with Gasteiger partial charge in [-0.2, -0.15) is 0 Å². The Bertz CT molecular complexity index is 623. The van der Waals surface area contributed by atoms with Crippen molar-refractivity contribution in [3.8, 4) is 0 Å². The summed E-state index contributed by atoms with van der Waals surface area (Å²) in [4.78, 5) is 19.8. The standard InChI is InChI=1S/C12H17N3O4S/c1-12(2,11(16)19-3)9-6-13-7-10(14-9)15-20(17,18)8-4-5-8/h6-8H,4-5H2,1-3H3,(H,14,15). The zero-order chi connectivity index (χ0) is 15.0. The summed E-state index contributed by atoms with van der Waals surface area (Å²) in [7, 11) is -2.11. The van der Waals surface area contributed by atoms with Crippen molar-refractivity contribution in [2.45, 2.75) is 37.4 Å². The fourth-order valence-corrected chi connectivity index (χ4v) is 3.00. The van der Waals surface area contributed by atoms with Crippen LogP contribution in [0.5, 0.6) is 0 Å². The number of rotatable bonds is 5. The molecule has 0 spiro atoms. The fraction of sp³-hybridized carbons (Fsp3) is 0.583. The Morgan fingerprint density at radius 3 is 2.60 bits per heavy atom. The normalized spacial score (nSPS) is 15.8. The third kappa shape index (κ3) is 2.90. The number of carbonyl (C=O) groups excluding carboxylic acids is 1. The third-order valence-corrected chi connectivity index (χ3v) is 5.02.